The highest BCUT2D eigenvalue weighted by Gasteiger charge is 2.34. The minimum absolute atomic E-state index is 0.388. The van der Waals surface area contributed by atoms with Gasteiger partial charge in [0.05, 0.1) is 18.8 Å². The first-order chi connectivity index (χ1) is 10.1. The van der Waals surface area contributed by atoms with Crippen LogP contribution in [0, 0.1) is 13.8 Å². The quantitative estimate of drug-likeness (QED) is 0.928. The molecule has 1 aromatic rings. The smallest absolute Gasteiger partial charge is 0.0917 e. The van der Waals surface area contributed by atoms with E-state index in [0.717, 1.165) is 25.3 Å². The number of aryl methyl sites for hydroxylation is 2. The van der Waals surface area contributed by atoms with E-state index in [0.29, 0.717) is 12.1 Å². The van der Waals surface area contributed by atoms with Gasteiger partial charge in [-0.15, -0.1) is 0 Å². The molecule has 0 amide bonds. The molecule has 3 nitrogen and oxygen atoms in total. The van der Waals surface area contributed by atoms with Crippen LogP contribution in [-0.2, 0) is 4.74 Å². The van der Waals surface area contributed by atoms with Gasteiger partial charge in [-0.05, 0) is 32.3 Å². The summed E-state index contributed by atoms with van der Waals surface area (Å²) in [6.07, 6.45) is 4.96. The Morgan fingerprint density at radius 2 is 1.90 bits per heavy atom. The molecule has 0 bridgehead atoms. The van der Waals surface area contributed by atoms with Gasteiger partial charge in [-0.1, -0.05) is 42.2 Å². The van der Waals surface area contributed by atoms with E-state index in [1.54, 1.807) is 0 Å². The molecule has 1 heterocycles. The lowest BCUT2D eigenvalue weighted by Gasteiger charge is -2.44. The molecule has 1 saturated heterocycles. The fraction of sp³-hybridized carbons (Fsp3) is 0.667. The predicted octanol–water partition coefficient (Wildman–Crippen LogP) is 2.98. The monoisotopic (exact) mass is 289 g/mol. The van der Waals surface area contributed by atoms with Crippen LogP contribution < -0.4 is 0 Å². The number of rotatable bonds is 3. The Bertz CT molecular complexity index is 466. The molecule has 0 aromatic heterocycles. The van der Waals surface area contributed by atoms with Crippen LogP contribution in [0.3, 0.4) is 0 Å². The first kappa shape index (κ1) is 15.0. The van der Waals surface area contributed by atoms with E-state index < -0.39 is 6.10 Å². The summed E-state index contributed by atoms with van der Waals surface area (Å²) in [5.74, 6) is 0. The van der Waals surface area contributed by atoms with Crippen molar-refractivity contribution in [3.63, 3.8) is 0 Å². The van der Waals surface area contributed by atoms with Crippen LogP contribution in [0.15, 0.2) is 18.2 Å². The molecule has 2 aliphatic rings. The molecule has 1 saturated carbocycles. The Labute approximate surface area is 127 Å². The molecule has 3 atom stereocenters. The first-order valence-corrected chi connectivity index (χ1v) is 8.25. The Kier molecular flexibility index (Phi) is 4.63. The van der Waals surface area contributed by atoms with Crippen molar-refractivity contribution in [2.45, 2.75) is 57.8 Å². The second-order valence-electron chi connectivity index (χ2n) is 6.69. The van der Waals surface area contributed by atoms with Gasteiger partial charge in [0.1, 0.15) is 0 Å². The van der Waals surface area contributed by atoms with Crippen LogP contribution in [0.1, 0.15) is 48.5 Å². The number of hydrogen-bond acceptors (Lipinski definition) is 3. The van der Waals surface area contributed by atoms with Gasteiger partial charge < -0.3 is 9.84 Å². The fourth-order valence-electron chi connectivity index (χ4n) is 3.93. The molecule has 116 valence electrons. The molecule has 2 fully saturated rings. The number of nitrogens with zero attached hydrogens (tertiary/aromatic N) is 1. The molecule has 1 N–H and O–H groups in total. The van der Waals surface area contributed by atoms with Gasteiger partial charge in [0.25, 0.3) is 0 Å². The average molecular weight is 289 g/mol. The number of hydrogen-bond donors (Lipinski definition) is 1. The maximum absolute atomic E-state index is 10.6. The number of fused-ring (bicyclic) bond motifs is 1. The molecule has 3 unspecified atom stereocenters. The Morgan fingerprint density at radius 3 is 2.67 bits per heavy atom. The molecular formula is C18H27NO2. The first-order valence-electron chi connectivity index (χ1n) is 8.25. The second-order valence-corrected chi connectivity index (χ2v) is 6.69. The zero-order valence-corrected chi connectivity index (χ0v) is 13.2. The summed E-state index contributed by atoms with van der Waals surface area (Å²) in [5, 5.41) is 10.6. The lowest BCUT2D eigenvalue weighted by Crippen LogP contribution is -2.53. The van der Waals surface area contributed by atoms with E-state index in [1.165, 1.54) is 36.8 Å². The van der Waals surface area contributed by atoms with Gasteiger partial charge >= 0.3 is 0 Å². The van der Waals surface area contributed by atoms with Crippen molar-refractivity contribution in [2.24, 2.45) is 0 Å². The number of morpholine rings is 1. The lowest BCUT2D eigenvalue weighted by molar-refractivity contribution is -0.0975. The van der Waals surface area contributed by atoms with Gasteiger partial charge in [0.2, 0.25) is 0 Å². The van der Waals surface area contributed by atoms with Gasteiger partial charge in [-0.25, -0.2) is 0 Å². The van der Waals surface area contributed by atoms with E-state index in [1.807, 2.05) is 0 Å². The van der Waals surface area contributed by atoms with Crippen molar-refractivity contribution >= 4 is 0 Å². The molecule has 0 radical (unpaired) electrons. The van der Waals surface area contributed by atoms with Gasteiger partial charge in [-0.2, -0.15) is 0 Å². The molecule has 3 heteroatoms. The fourth-order valence-corrected chi connectivity index (χ4v) is 3.93. The van der Waals surface area contributed by atoms with E-state index in [4.69, 9.17) is 4.74 Å². The van der Waals surface area contributed by atoms with Gasteiger partial charge in [-0.3, -0.25) is 4.90 Å². The number of aliphatic hydroxyl groups excluding tert-OH is 1. The molecule has 1 aromatic carbocycles. The van der Waals surface area contributed by atoms with Crippen LogP contribution in [0.5, 0.6) is 0 Å². The number of aliphatic hydroxyl groups is 1. The molecular weight excluding hydrogens is 262 g/mol. The van der Waals surface area contributed by atoms with Crippen LogP contribution in [0.25, 0.3) is 0 Å². The van der Waals surface area contributed by atoms with Crippen LogP contribution >= 0.6 is 0 Å². The van der Waals surface area contributed by atoms with Crippen molar-refractivity contribution in [3.05, 3.63) is 34.9 Å². The van der Waals surface area contributed by atoms with E-state index in [9.17, 15) is 5.11 Å². The van der Waals surface area contributed by atoms with Crippen molar-refractivity contribution in [3.8, 4) is 0 Å². The maximum atomic E-state index is 10.6. The number of β-amino-alcohol motifs (C(OH)–C–C–N with tert-alkyl or cyclic N) is 1. The highest BCUT2D eigenvalue weighted by molar-refractivity contribution is 5.30. The van der Waals surface area contributed by atoms with Crippen LogP contribution in [-0.4, -0.2) is 41.8 Å². The van der Waals surface area contributed by atoms with E-state index in [2.05, 4.69) is 36.9 Å². The van der Waals surface area contributed by atoms with Crippen molar-refractivity contribution in [1.82, 2.24) is 4.90 Å². The zero-order chi connectivity index (χ0) is 14.8. The Balaban J connectivity index is 1.69. The highest BCUT2D eigenvalue weighted by atomic mass is 16.5. The standard InChI is InChI=1S/C18H27NO2/c1-13-9-14(2)11-15(10-13)17(20)12-19-7-8-21-18-6-4-3-5-16(18)19/h9-11,16-18,20H,3-8,12H2,1-2H3. The Hall–Kier alpha value is -0.900. The molecule has 1 aliphatic heterocycles. The topological polar surface area (TPSA) is 32.7 Å². The third kappa shape index (κ3) is 3.47. The zero-order valence-electron chi connectivity index (χ0n) is 13.2. The Morgan fingerprint density at radius 1 is 1.19 bits per heavy atom. The summed E-state index contributed by atoms with van der Waals surface area (Å²) in [6.45, 7) is 6.67. The second kappa shape index (κ2) is 6.47. The summed E-state index contributed by atoms with van der Waals surface area (Å²) >= 11 is 0. The molecule has 1 aliphatic carbocycles. The van der Waals surface area contributed by atoms with Crippen LogP contribution in [0.2, 0.25) is 0 Å². The van der Waals surface area contributed by atoms with Crippen molar-refractivity contribution < 1.29 is 9.84 Å². The highest BCUT2D eigenvalue weighted by Crippen LogP contribution is 2.30. The number of ether oxygens (including phenoxy) is 1. The summed E-state index contributed by atoms with van der Waals surface area (Å²) in [4.78, 5) is 2.45. The largest absolute Gasteiger partial charge is 0.387 e. The normalized spacial score (nSPS) is 28.1. The summed E-state index contributed by atoms with van der Waals surface area (Å²) in [5.41, 5.74) is 3.49. The minimum Gasteiger partial charge on any atom is -0.387 e. The average Bonchev–Trinajstić information content (AvgIpc) is 2.46. The summed E-state index contributed by atoms with van der Waals surface area (Å²) in [6, 6.07) is 6.88. The summed E-state index contributed by atoms with van der Waals surface area (Å²) in [7, 11) is 0. The SMILES string of the molecule is Cc1cc(C)cc(C(O)CN2CCOC3CCCCC32)c1. The summed E-state index contributed by atoms with van der Waals surface area (Å²) < 4.78 is 5.91. The van der Waals surface area contributed by atoms with Gasteiger partial charge in [0.15, 0.2) is 0 Å². The predicted molar refractivity (Wildman–Crippen MR) is 84.4 cm³/mol. The van der Waals surface area contributed by atoms with Crippen molar-refractivity contribution in [2.75, 3.05) is 19.7 Å². The van der Waals surface area contributed by atoms with E-state index in [-0.39, 0.29) is 0 Å². The number of benzene rings is 1. The maximum Gasteiger partial charge on any atom is 0.0917 e. The molecule has 3 rings (SSSR count). The minimum atomic E-state index is -0.399. The third-order valence-corrected chi connectivity index (χ3v) is 4.88. The lowest BCUT2D eigenvalue weighted by atomic mass is 9.89. The van der Waals surface area contributed by atoms with E-state index >= 15 is 0 Å². The van der Waals surface area contributed by atoms with Gasteiger partial charge in [0, 0.05) is 19.1 Å². The van der Waals surface area contributed by atoms with Crippen LogP contribution in [0.4, 0.5) is 0 Å². The molecule has 21 heavy (non-hydrogen) atoms. The molecule has 0 spiro atoms. The van der Waals surface area contributed by atoms with Crippen molar-refractivity contribution in [1.29, 1.82) is 0 Å². The third-order valence-electron chi connectivity index (χ3n) is 4.88.